The van der Waals surface area contributed by atoms with Gasteiger partial charge in [0.2, 0.25) is 41.6 Å². The van der Waals surface area contributed by atoms with Crippen molar-refractivity contribution < 1.29 is 520 Å². The topological polar surface area (TPSA) is 818 Å². The van der Waals surface area contributed by atoms with E-state index in [1.54, 1.807) is 0 Å². The normalized spacial score (nSPS) is 34.7. The van der Waals surface area contributed by atoms with E-state index >= 15 is 0 Å². The third-order valence-corrected chi connectivity index (χ3v) is 16.2. The maximum atomic E-state index is 12.9. The molecule has 70 heteroatoms. The Kier molecular flexibility index (Phi) is 60.5. The first-order valence-electron chi connectivity index (χ1n) is 23.4. The quantitative estimate of drug-likeness (QED) is 0.00574. The molecule has 5 aliphatic heterocycles. The number of methoxy groups -OCH3 is 1. The van der Waals surface area contributed by atoms with Crippen LogP contribution in [0.25, 0.3) is 0 Å². The minimum Gasteiger partial charge on any atom is -0.735 e. The smallest absolute Gasteiger partial charge is 0.735 e. The molecule has 0 saturated carbocycles. The molecule has 25 atom stereocenters. The summed E-state index contributed by atoms with van der Waals surface area (Å²) in [6.45, 7) is -5.20. The van der Waals surface area contributed by atoms with Gasteiger partial charge in [0.05, 0.1) is 31.8 Å². The molecule has 5 aliphatic rings. The molecule has 0 radical (unpaired) electrons. The first-order chi connectivity index (χ1) is 41.5. The summed E-state index contributed by atoms with van der Waals surface area (Å²) >= 11 is -0.809. The van der Waals surface area contributed by atoms with Gasteiger partial charge in [0.15, 0.2) is 80.8 Å². The molecular weight excluding hydrogens is 1680 g/mol. The number of hydrogen-bond donors (Lipinski definition) is 9. The molecule has 52 nitrogen and oxygen atoms in total. The van der Waals surface area contributed by atoms with Crippen molar-refractivity contribution in [3.63, 3.8) is 0 Å². The minimum atomic E-state index is -6.42. The van der Waals surface area contributed by atoms with E-state index in [-0.39, 0.29) is 296 Å². The molecule has 0 aromatic heterocycles. The summed E-state index contributed by atoms with van der Waals surface area (Å²) in [4.78, 5) is 25.6. The molecule has 534 valence electrons. The zero-order valence-corrected chi connectivity index (χ0v) is 80.1. The van der Waals surface area contributed by atoms with Gasteiger partial charge in [-0.1, -0.05) is 0 Å². The van der Waals surface area contributed by atoms with Crippen molar-refractivity contribution in [3.05, 3.63) is 0 Å². The number of carbonyl (C=O) groups excluding carboxylic acids is 2. The molecule has 0 amide bonds. The van der Waals surface area contributed by atoms with Crippen molar-refractivity contribution in [3.8, 4) is 0 Å². The number of aliphatic carboxylic acids is 2. The van der Waals surface area contributed by atoms with Gasteiger partial charge in [0.25, 0.3) is 0 Å². The van der Waals surface area contributed by atoms with Crippen molar-refractivity contribution in [2.75, 3.05) is 26.9 Å². The van der Waals surface area contributed by atoms with E-state index in [1.165, 1.54) is 4.72 Å². The predicted molar refractivity (Wildman–Crippen MR) is 242 cm³/mol. The summed E-state index contributed by atoms with van der Waals surface area (Å²) < 4.78 is 329. The number of carboxylic acids is 2. The molecule has 10 unspecified atom stereocenters. The largest absolute Gasteiger partial charge is 1.00 e. The SMILES string of the molecule is CO[C@@H]1OC(COS(=O)(=O)[O-])[C@H](O[C@@H]2OC(C(=O)[O-])[C@H](O[C@@H]3OC(COS(=O)(=O)[O-])[C@H](O[C@@H]4OC(C(=O)[O-])[C@H](O[C@@H]5OC(COS(=O)(=O)[O-])[C@H](O)[C@H](O)C5NS(=O)(=O)[O-])[C@H](O)C4O)C(OSOO[O-])[C@H]3NS(=O)(=O)[O-])[C@@H](O)C2OS(=O)(=O)[O-])C(O)[C@H]1NS(=O)(=O)[O-].[Na+].[Na+].[Na+].[Na+].[Na+].[Na+].[Na+].[Na+].[Na+].[Na+]. The number of rotatable bonds is 32. The van der Waals surface area contributed by atoms with E-state index in [0.29, 0.717) is 7.11 Å². The van der Waals surface area contributed by atoms with Gasteiger partial charge < -0.3 is 135 Å². The Morgan fingerprint density at radius 2 is 0.752 bits per heavy atom. The molecular formula is C31H43N3Na10O49S8. The Hall–Kier alpha value is 7.58. The van der Waals surface area contributed by atoms with Gasteiger partial charge in [-0.25, -0.2) is 73.1 Å². The van der Waals surface area contributed by atoms with Crippen LogP contribution in [0, 0.1) is 0 Å². The average molecular weight is 1730 g/mol. The number of carboxylic acid groups (broad SMARTS) is 2. The fourth-order valence-corrected chi connectivity index (χ4v) is 12.4. The summed E-state index contributed by atoms with van der Waals surface area (Å²) in [6.07, 6.45) is -63.8. The summed E-state index contributed by atoms with van der Waals surface area (Å²) in [5, 5.41) is 106. The number of hydrogen-bond acceptors (Lipinski definition) is 50. The molecule has 9 N–H and O–H groups in total. The van der Waals surface area contributed by atoms with Crippen LogP contribution in [0.15, 0.2) is 0 Å². The summed E-state index contributed by atoms with van der Waals surface area (Å²) in [5.74, 6) is -5.39. The van der Waals surface area contributed by atoms with Crippen LogP contribution in [-0.2, 0) is 160 Å². The standard InChI is InChI=1S/C31H53N3O49S8.10Na/c1-67-27-9(33-86(49,50)51)13(37)17(6(72-27)3-69-89(58,59)60)74-31-22(81-91(64,65)66)16(40)21(24(79-31)26(43)44)77-29-10(34-87(52,53)54)19(80-84-83-82-45)18(7(73-29)4-70-90(61,62)63)75-30-15(39)14(38)20(23(78-30)25(41)42)76-28-8(32-85(46,47)48)12(36)11(35)5(71-28)2-68-88(55,56)57;;;;;;;;;;/h5-24,27-40,45H,2-4H2,1H3,(H,41,42)(H,43,44)(H,46,47,48)(H,49,50,51)(H,52,53,54)(H,55,56,57)(H,58,59,60)(H,61,62,63)(H,64,65,66);;;;;;;;;;/q;10*+1/p-10/t5?,6?,7?,8?,9-,10-,11+,12-,13?,14-,15?,16-,17+,18+,19?,20-,21-,22?,23?,24?,27-,28+,29+,30-,31-;;;;;;;;;;/m1........../s1. The van der Waals surface area contributed by atoms with Gasteiger partial charge in [-0.3, -0.25) is 26.0 Å². The van der Waals surface area contributed by atoms with Crippen molar-refractivity contribution in [2.45, 2.75) is 153 Å². The van der Waals surface area contributed by atoms with Gasteiger partial charge in [0.1, 0.15) is 116 Å². The summed E-state index contributed by atoms with van der Waals surface area (Å²) in [7, 11) is -41.2. The van der Waals surface area contributed by atoms with Crippen molar-refractivity contribution in [1.29, 1.82) is 0 Å². The average Bonchev–Trinajstić information content (AvgIpc) is 0.766. The predicted octanol–water partition coefficient (Wildman–Crippen LogP) is -48.8. The van der Waals surface area contributed by atoms with Gasteiger partial charge >= 0.3 is 296 Å². The van der Waals surface area contributed by atoms with E-state index < -0.39 is 270 Å². The first kappa shape index (κ1) is 119. The van der Waals surface area contributed by atoms with Crippen molar-refractivity contribution in [2.24, 2.45) is 0 Å². The van der Waals surface area contributed by atoms with Crippen LogP contribution in [-0.4, -0.2) is 314 Å². The Morgan fingerprint density at radius 3 is 1.16 bits per heavy atom. The van der Waals surface area contributed by atoms with Crippen LogP contribution in [0.1, 0.15) is 0 Å². The van der Waals surface area contributed by atoms with Crippen molar-refractivity contribution >= 4 is 96.8 Å². The van der Waals surface area contributed by atoms with Gasteiger partial charge in [-0.2, -0.15) is 0 Å². The number of carbonyl (C=O) groups is 2. The van der Waals surface area contributed by atoms with Crippen LogP contribution >= 0.6 is 12.3 Å². The maximum absolute atomic E-state index is 12.9. The third-order valence-electron chi connectivity index (χ3n) is 12.4. The minimum absolute atomic E-state index is 0. The monoisotopic (exact) mass is 1730 g/mol. The third kappa shape index (κ3) is 38.5. The van der Waals surface area contributed by atoms with E-state index in [1.807, 2.05) is 0 Å². The Bertz CT molecular complexity index is 3340. The van der Waals surface area contributed by atoms with Gasteiger partial charge in [-0.15, -0.1) is 4.33 Å². The number of nitrogens with one attached hydrogen (secondary N) is 3. The second kappa shape index (κ2) is 51.1. The van der Waals surface area contributed by atoms with E-state index in [2.05, 4.69) is 26.1 Å². The molecule has 0 aromatic carbocycles. The molecule has 0 spiro atoms. The molecule has 0 aliphatic carbocycles. The summed E-state index contributed by atoms with van der Waals surface area (Å²) in [6, 6.07) is -8.16. The van der Waals surface area contributed by atoms with Crippen LogP contribution in [0.4, 0.5) is 0 Å². The molecule has 5 heterocycles. The molecule has 5 fully saturated rings. The molecule has 5 rings (SSSR count). The second-order valence-corrected chi connectivity index (χ2v) is 26.4. The van der Waals surface area contributed by atoms with E-state index in [9.17, 15) is 146 Å². The van der Waals surface area contributed by atoms with Crippen LogP contribution in [0.3, 0.4) is 0 Å². The second-order valence-electron chi connectivity index (χ2n) is 18.3. The molecule has 101 heavy (non-hydrogen) atoms. The van der Waals surface area contributed by atoms with Crippen LogP contribution in [0.5, 0.6) is 0 Å². The summed E-state index contributed by atoms with van der Waals surface area (Å²) in [5.41, 5.74) is 0. The zero-order chi connectivity index (χ0) is 69.1. The van der Waals surface area contributed by atoms with E-state index in [4.69, 9.17) is 51.6 Å². The number of aliphatic hydroxyl groups excluding tert-OH is 6. The Morgan fingerprint density at radius 1 is 0.396 bits per heavy atom. The molecule has 0 aromatic rings. The van der Waals surface area contributed by atoms with E-state index in [0.717, 1.165) is 9.44 Å². The Labute approximate surface area is 797 Å². The fourth-order valence-electron chi connectivity index (χ4n) is 8.87. The van der Waals surface area contributed by atoms with Gasteiger partial charge in [-0.05, 0) is 0 Å². The number of ether oxygens (including phenoxy) is 10. The van der Waals surface area contributed by atoms with Gasteiger partial charge in [0, 0.05) is 7.11 Å². The number of aliphatic hydroxyl groups is 6. The fraction of sp³-hybridized carbons (Fsp3) is 0.935. The molecule has 5 saturated heterocycles. The van der Waals surface area contributed by atoms with Crippen LogP contribution < -0.4 is 325 Å². The van der Waals surface area contributed by atoms with Crippen molar-refractivity contribution in [1.82, 2.24) is 14.2 Å². The first-order valence-corrected chi connectivity index (χ1v) is 33.6. The zero-order valence-electron chi connectivity index (χ0n) is 53.6. The molecule has 0 bridgehead atoms. The maximum Gasteiger partial charge on any atom is 1.00 e. The Balaban J connectivity index is -0.00000226. The van der Waals surface area contributed by atoms with Crippen LogP contribution in [0.2, 0.25) is 0 Å².